The van der Waals surface area contributed by atoms with Crippen LogP contribution in [-0.4, -0.2) is 24.9 Å². The van der Waals surface area contributed by atoms with Crippen molar-refractivity contribution in [3.8, 4) is 0 Å². The molecule has 2 rings (SSSR count). The summed E-state index contributed by atoms with van der Waals surface area (Å²) >= 11 is 11.8. The molecule has 0 atom stereocenters. The molecule has 6 nitrogen and oxygen atoms in total. The van der Waals surface area contributed by atoms with Gasteiger partial charge in [0.05, 0.1) is 23.4 Å². The number of benzene rings is 2. The Kier molecular flexibility index (Phi) is 6.38. The molecule has 0 spiro atoms. The van der Waals surface area contributed by atoms with Gasteiger partial charge >= 0.3 is 5.97 Å². The lowest BCUT2D eigenvalue weighted by Gasteiger charge is -2.09. The van der Waals surface area contributed by atoms with Crippen LogP contribution in [0.5, 0.6) is 0 Å². The molecular weight excluding hydrogens is 367 g/mol. The van der Waals surface area contributed by atoms with Crippen molar-refractivity contribution in [2.45, 2.75) is 6.42 Å². The molecule has 2 N–H and O–H groups in total. The van der Waals surface area contributed by atoms with E-state index in [4.69, 9.17) is 23.2 Å². The number of rotatable bonds is 5. The second-order valence-electron chi connectivity index (χ2n) is 4.97. The van der Waals surface area contributed by atoms with Gasteiger partial charge in [-0.2, -0.15) is 0 Å². The summed E-state index contributed by atoms with van der Waals surface area (Å²) in [6.45, 7) is 0. The van der Waals surface area contributed by atoms with E-state index >= 15 is 0 Å². The van der Waals surface area contributed by atoms with Crippen LogP contribution in [0, 0.1) is 0 Å². The van der Waals surface area contributed by atoms with Gasteiger partial charge in [0.15, 0.2) is 0 Å². The van der Waals surface area contributed by atoms with E-state index in [1.165, 1.54) is 25.3 Å². The zero-order chi connectivity index (χ0) is 18.4. The van der Waals surface area contributed by atoms with Crippen LogP contribution in [0.25, 0.3) is 0 Å². The molecule has 0 aliphatic heterocycles. The minimum Gasteiger partial charge on any atom is -0.465 e. The third-order valence-corrected chi connectivity index (χ3v) is 3.69. The third-order valence-electron chi connectivity index (χ3n) is 3.11. The molecule has 0 saturated heterocycles. The van der Waals surface area contributed by atoms with E-state index in [-0.39, 0.29) is 16.3 Å². The molecule has 2 aromatic rings. The van der Waals surface area contributed by atoms with Gasteiger partial charge in [-0.05, 0) is 42.5 Å². The van der Waals surface area contributed by atoms with Gasteiger partial charge in [-0.15, -0.1) is 0 Å². The van der Waals surface area contributed by atoms with Crippen LogP contribution in [0.2, 0.25) is 10.0 Å². The largest absolute Gasteiger partial charge is 0.465 e. The normalized spacial score (nSPS) is 10.0. The Hall–Kier alpha value is -2.57. The number of carbonyl (C=O) groups excluding carboxylic acids is 3. The van der Waals surface area contributed by atoms with E-state index < -0.39 is 24.2 Å². The number of methoxy groups -OCH3 is 1. The zero-order valence-electron chi connectivity index (χ0n) is 13.1. The average Bonchev–Trinajstić information content (AvgIpc) is 2.58. The molecule has 2 amide bonds. The van der Waals surface area contributed by atoms with Crippen LogP contribution in [0.3, 0.4) is 0 Å². The fraction of sp³-hybridized carbons (Fsp3) is 0.118. The van der Waals surface area contributed by atoms with Crippen molar-refractivity contribution >= 4 is 52.4 Å². The summed E-state index contributed by atoms with van der Waals surface area (Å²) in [6, 6.07) is 10.8. The summed E-state index contributed by atoms with van der Waals surface area (Å²) in [7, 11) is 1.25. The maximum absolute atomic E-state index is 12.0. The Morgan fingerprint density at radius 3 is 2.24 bits per heavy atom. The first-order valence-corrected chi connectivity index (χ1v) is 7.88. The van der Waals surface area contributed by atoms with Crippen LogP contribution in [0.4, 0.5) is 11.4 Å². The Labute approximate surface area is 154 Å². The fourth-order valence-corrected chi connectivity index (χ4v) is 2.24. The van der Waals surface area contributed by atoms with Crippen molar-refractivity contribution < 1.29 is 19.1 Å². The quantitative estimate of drug-likeness (QED) is 0.610. The molecule has 8 heteroatoms. The molecule has 0 aliphatic rings. The molecule has 0 fully saturated rings. The molecule has 0 bridgehead atoms. The summed E-state index contributed by atoms with van der Waals surface area (Å²) < 4.78 is 4.61. The highest BCUT2D eigenvalue weighted by molar-refractivity contribution is 6.34. The van der Waals surface area contributed by atoms with Gasteiger partial charge in [-0.25, -0.2) is 4.79 Å². The van der Waals surface area contributed by atoms with E-state index in [1.54, 1.807) is 24.3 Å². The number of halogens is 2. The fourth-order valence-electron chi connectivity index (χ4n) is 1.94. The van der Waals surface area contributed by atoms with Crippen LogP contribution >= 0.6 is 23.2 Å². The smallest absolute Gasteiger partial charge is 0.337 e. The number of carbonyl (C=O) groups is 3. The van der Waals surface area contributed by atoms with Crippen molar-refractivity contribution in [3.63, 3.8) is 0 Å². The number of hydrogen-bond acceptors (Lipinski definition) is 4. The lowest BCUT2D eigenvalue weighted by atomic mass is 10.2. The lowest BCUT2D eigenvalue weighted by Crippen LogP contribution is -2.21. The Bertz CT molecular complexity index is 807. The highest BCUT2D eigenvalue weighted by atomic mass is 35.5. The van der Waals surface area contributed by atoms with Crippen molar-refractivity contribution in [2.24, 2.45) is 0 Å². The van der Waals surface area contributed by atoms with Crippen molar-refractivity contribution in [2.75, 3.05) is 17.7 Å². The van der Waals surface area contributed by atoms with E-state index in [2.05, 4.69) is 15.4 Å². The minimum atomic E-state index is -0.574. The van der Waals surface area contributed by atoms with Crippen molar-refractivity contribution in [1.29, 1.82) is 0 Å². The van der Waals surface area contributed by atoms with Gasteiger partial charge in [0.2, 0.25) is 11.8 Å². The van der Waals surface area contributed by atoms with Crippen LogP contribution < -0.4 is 10.6 Å². The van der Waals surface area contributed by atoms with Gasteiger partial charge in [0.1, 0.15) is 6.42 Å². The maximum Gasteiger partial charge on any atom is 0.337 e. The van der Waals surface area contributed by atoms with Crippen LogP contribution in [0.15, 0.2) is 42.5 Å². The third kappa shape index (κ3) is 5.48. The molecule has 0 heterocycles. The molecule has 0 radical (unpaired) electrons. The number of anilines is 2. The van der Waals surface area contributed by atoms with Gasteiger partial charge < -0.3 is 15.4 Å². The highest BCUT2D eigenvalue weighted by Crippen LogP contribution is 2.23. The summed E-state index contributed by atoms with van der Waals surface area (Å²) in [5.74, 6) is -1.64. The molecule has 130 valence electrons. The van der Waals surface area contributed by atoms with E-state index in [0.29, 0.717) is 10.7 Å². The number of nitrogens with one attached hydrogen (secondary N) is 2. The predicted octanol–water partition coefficient (Wildman–Crippen LogP) is 3.75. The highest BCUT2D eigenvalue weighted by Gasteiger charge is 2.14. The lowest BCUT2D eigenvalue weighted by molar-refractivity contribution is -0.123. The molecular formula is C17H14Cl2N2O4. The molecule has 0 saturated carbocycles. The standard InChI is InChI=1S/C17H14Cl2N2O4/c1-25-17(24)10-2-7-13(19)14(8-10)21-16(23)9-15(22)20-12-5-3-11(18)4-6-12/h2-8H,9H2,1H3,(H,20,22)(H,21,23). The van der Waals surface area contributed by atoms with Crippen LogP contribution in [-0.2, 0) is 14.3 Å². The second kappa shape index (κ2) is 8.50. The Balaban J connectivity index is 1.98. The van der Waals surface area contributed by atoms with Gasteiger partial charge in [-0.1, -0.05) is 23.2 Å². The molecule has 0 aliphatic carbocycles. The average molecular weight is 381 g/mol. The predicted molar refractivity (Wildman–Crippen MR) is 96.1 cm³/mol. The molecule has 2 aromatic carbocycles. The first-order chi connectivity index (χ1) is 11.9. The first kappa shape index (κ1) is 18.8. The van der Waals surface area contributed by atoms with Gasteiger partial charge in [-0.3, -0.25) is 9.59 Å². The number of esters is 1. The Morgan fingerprint density at radius 1 is 0.960 bits per heavy atom. The molecule has 0 aromatic heterocycles. The van der Waals surface area contributed by atoms with Gasteiger partial charge in [0.25, 0.3) is 0 Å². The number of amides is 2. The Morgan fingerprint density at radius 2 is 1.60 bits per heavy atom. The summed E-state index contributed by atoms with van der Waals surface area (Å²) in [4.78, 5) is 35.4. The van der Waals surface area contributed by atoms with E-state index in [9.17, 15) is 14.4 Å². The van der Waals surface area contributed by atoms with E-state index in [1.807, 2.05) is 0 Å². The monoisotopic (exact) mass is 380 g/mol. The summed E-state index contributed by atoms with van der Waals surface area (Å²) in [5, 5.41) is 5.84. The molecule has 0 unspecified atom stereocenters. The number of ether oxygens (including phenoxy) is 1. The summed E-state index contributed by atoms with van der Waals surface area (Å²) in [5.41, 5.74) is 0.967. The van der Waals surface area contributed by atoms with Gasteiger partial charge in [0, 0.05) is 10.7 Å². The van der Waals surface area contributed by atoms with E-state index in [0.717, 1.165) is 0 Å². The first-order valence-electron chi connectivity index (χ1n) is 7.12. The molecule has 25 heavy (non-hydrogen) atoms. The maximum atomic E-state index is 12.0. The zero-order valence-corrected chi connectivity index (χ0v) is 14.6. The summed E-state index contributed by atoms with van der Waals surface area (Å²) in [6.07, 6.45) is -0.415. The van der Waals surface area contributed by atoms with Crippen molar-refractivity contribution in [1.82, 2.24) is 0 Å². The SMILES string of the molecule is COC(=O)c1ccc(Cl)c(NC(=O)CC(=O)Nc2ccc(Cl)cc2)c1. The second-order valence-corrected chi connectivity index (χ2v) is 5.81. The van der Waals surface area contributed by atoms with Crippen molar-refractivity contribution in [3.05, 3.63) is 58.1 Å². The van der Waals surface area contributed by atoms with Crippen LogP contribution in [0.1, 0.15) is 16.8 Å². The topological polar surface area (TPSA) is 84.5 Å². The number of hydrogen-bond donors (Lipinski definition) is 2. The minimum absolute atomic E-state index is 0.217.